The van der Waals surface area contributed by atoms with Crippen molar-refractivity contribution in [2.24, 2.45) is 13.0 Å². The number of hydrogen-bond acceptors (Lipinski definition) is 4. The maximum Gasteiger partial charge on any atom is 0.223 e. The van der Waals surface area contributed by atoms with Crippen molar-refractivity contribution in [1.82, 2.24) is 25.0 Å². The summed E-state index contributed by atoms with van der Waals surface area (Å²) < 4.78 is 1.95. The third-order valence-corrected chi connectivity index (χ3v) is 3.97. The molecule has 1 atom stereocenters. The molecule has 0 bridgehead atoms. The number of nitrogens with zero attached hydrogens (tertiary/aromatic N) is 4. The Bertz CT molecular complexity index is 454. The number of nitrogens with one attached hydrogen (secondary N) is 1. The molecule has 0 radical (unpaired) electrons. The first kappa shape index (κ1) is 12.6. The van der Waals surface area contributed by atoms with Crippen molar-refractivity contribution in [3.63, 3.8) is 0 Å². The number of carbonyl (C=O) groups is 1. The monoisotopic (exact) mass is 263 g/mol. The average molecular weight is 263 g/mol. The SMILES string of the molecule is Cn1cnnc1CN1CCCC(NC(=O)C2CC2)C1. The number of aromatic nitrogens is 3. The van der Waals surface area contributed by atoms with Crippen LogP contribution in [0.25, 0.3) is 0 Å². The predicted octanol–water partition coefficient (Wildman–Crippen LogP) is 0.306. The second kappa shape index (κ2) is 5.28. The van der Waals surface area contributed by atoms with Crippen LogP contribution < -0.4 is 5.32 Å². The molecule has 2 aliphatic rings. The Morgan fingerprint density at radius 3 is 3.00 bits per heavy atom. The highest BCUT2D eigenvalue weighted by Crippen LogP contribution is 2.29. The van der Waals surface area contributed by atoms with Gasteiger partial charge in [0.05, 0.1) is 6.54 Å². The van der Waals surface area contributed by atoms with Gasteiger partial charge in [-0.3, -0.25) is 9.69 Å². The zero-order valence-corrected chi connectivity index (χ0v) is 11.4. The van der Waals surface area contributed by atoms with Crippen LogP contribution in [0.1, 0.15) is 31.5 Å². The van der Waals surface area contributed by atoms with Crippen LogP contribution in [-0.2, 0) is 18.4 Å². The lowest BCUT2D eigenvalue weighted by Gasteiger charge is -2.32. The molecule has 1 amide bonds. The maximum absolute atomic E-state index is 11.8. The Labute approximate surface area is 113 Å². The third kappa shape index (κ3) is 3.12. The van der Waals surface area contributed by atoms with Gasteiger partial charge in [-0.2, -0.15) is 0 Å². The van der Waals surface area contributed by atoms with E-state index < -0.39 is 0 Å². The van der Waals surface area contributed by atoms with E-state index in [9.17, 15) is 4.79 Å². The zero-order valence-electron chi connectivity index (χ0n) is 11.4. The van der Waals surface area contributed by atoms with Gasteiger partial charge in [0.25, 0.3) is 0 Å². The summed E-state index contributed by atoms with van der Waals surface area (Å²) in [5.74, 6) is 1.54. The van der Waals surface area contributed by atoms with Gasteiger partial charge in [0, 0.05) is 25.6 Å². The van der Waals surface area contributed by atoms with Gasteiger partial charge in [-0.1, -0.05) is 0 Å². The van der Waals surface area contributed by atoms with Crippen molar-refractivity contribution in [2.45, 2.75) is 38.3 Å². The maximum atomic E-state index is 11.8. The van der Waals surface area contributed by atoms with Crippen molar-refractivity contribution in [1.29, 1.82) is 0 Å². The smallest absolute Gasteiger partial charge is 0.223 e. The summed E-state index contributed by atoms with van der Waals surface area (Å²) in [6, 6.07) is 0.301. The van der Waals surface area contributed by atoms with Crippen LogP contribution in [0.3, 0.4) is 0 Å². The normalized spacial score (nSPS) is 24.4. The molecule has 19 heavy (non-hydrogen) atoms. The van der Waals surface area contributed by atoms with E-state index in [1.165, 1.54) is 0 Å². The molecule has 1 aromatic heterocycles. The summed E-state index contributed by atoms with van der Waals surface area (Å²) in [6.45, 7) is 2.81. The van der Waals surface area contributed by atoms with Gasteiger partial charge in [-0.15, -0.1) is 10.2 Å². The summed E-state index contributed by atoms with van der Waals surface area (Å²) >= 11 is 0. The Morgan fingerprint density at radius 2 is 2.32 bits per heavy atom. The molecule has 104 valence electrons. The molecule has 2 fully saturated rings. The van der Waals surface area contributed by atoms with Crippen LogP contribution in [0.15, 0.2) is 6.33 Å². The summed E-state index contributed by atoms with van der Waals surface area (Å²) in [6.07, 6.45) is 6.09. The van der Waals surface area contributed by atoms with Crippen LogP contribution in [0.4, 0.5) is 0 Å². The van der Waals surface area contributed by atoms with Gasteiger partial charge in [-0.25, -0.2) is 0 Å². The van der Waals surface area contributed by atoms with E-state index in [1.807, 2.05) is 11.6 Å². The van der Waals surface area contributed by atoms with E-state index >= 15 is 0 Å². The summed E-state index contributed by atoms with van der Waals surface area (Å²) in [4.78, 5) is 14.1. The van der Waals surface area contributed by atoms with E-state index in [1.54, 1.807) is 6.33 Å². The molecular weight excluding hydrogens is 242 g/mol. The number of piperidine rings is 1. The molecule has 6 heteroatoms. The molecule has 3 rings (SSSR count). The van der Waals surface area contributed by atoms with E-state index in [0.29, 0.717) is 12.0 Å². The molecular formula is C13H21N5O. The van der Waals surface area contributed by atoms with Crippen LogP contribution in [0.2, 0.25) is 0 Å². The van der Waals surface area contributed by atoms with Gasteiger partial charge in [-0.05, 0) is 32.2 Å². The fourth-order valence-corrected chi connectivity index (χ4v) is 2.63. The van der Waals surface area contributed by atoms with E-state index in [-0.39, 0.29) is 5.91 Å². The molecule has 0 aromatic carbocycles. The number of hydrogen-bond donors (Lipinski definition) is 1. The third-order valence-electron chi connectivity index (χ3n) is 3.97. The average Bonchev–Trinajstić information content (AvgIpc) is 3.16. The highest BCUT2D eigenvalue weighted by atomic mass is 16.2. The Kier molecular flexibility index (Phi) is 3.50. The topological polar surface area (TPSA) is 63.1 Å². The van der Waals surface area contributed by atoms with Crippen LogP contribution in [0, 0.1) is 5.92 Å². The van der Waals surface area contributed by atoms with Crippen molar-refractivity contribution >= 4 is 5.91 Å². The number of carbonyl (C=O) groups excluding carboxylic acids is 1. The molecule has 1 unspecified atom stereocenters. The van der Waals surface area contributed by atoms with Gasteiger partial charge < -0.3 is 9.88 Å². The number of likely N-dealkylation sites (tertiary alicyclic amines) is 1. The molecule has 1 saturated heterocycles. The van der Waals surface area contributed by atoms with Crippen molar-refractivity contribution < 1.29 is 4.79 Å². The lowest BCUT2D eigenvalue weighted by molar-refractivity contribution is -0.123. The Morgan fingerprint density at radius 1 is 1.47 bits per heavy atom. The number of aryl methyl sites for hydroxylation is 1. The van der Waals surface area contributed by atoms with Crippen LogP contribution in [0.5, 0.6) is 0 Å². The van der Waals surface area contributed by atoms with Crippen LogP contribution in [-0.4, -0.2) is 44.7 Å². The minimum Gasteiger partial charge on any atom is -0.352 e. The molecule has 1 N–H and O–H groups in total. The molecule has 2 heterocycles. The van der Waals surface area contributed by atoms with E-state index in [4.69, 9.17) is 0 Å². The lowest BCUT2D eigenvalue weighted by Crippen LogP contribution is -2.48. The standard InChI is InChI=1S/C13H21N5O/c1-17-9-14-16-12(17)8-18-6-2-3-11(7-18)15-13(19)10-4-5-10/h9-11H,2-8H2,1H3,(H,15,19). The van der Waals surface area contributed by atoms with Gasteiger partial charge in [0.1, 0.15) is 12.2 Å². The lowest BCUT2D eigenvalue weighted by atomic mass is 10.1. The highest BCUT2D eigenvalue weighted by molar-refractivity contribution is 5.81. The van der Waals surface area contributed by atoms with Crippen molar-refractivity contribution in [3.05, 3.63) is 12.2 Å². The van der Waals surface area contributed by atoms with E-state index in [0.717, 1.165) is 51.1 Å². The number of rotatable bonds is 4. The Balaban J connectivity index is 1.52. The molecule has 0 spiro atoms. The van der Waals surface area contributed by atoms with Crippen molar-refractivity contribution in [2.75, 3.05) is 13.1 Å². The van der Waals surface area contributed by atoms with Crippen LogP contribution >= 0.6 is 0 Å². The van der Waals surface area contributed by atoms with Gasteiger partial charge >= 0.3 is 0 Å². The highest BCUT2D eigenvalue weighted by Gasteiger charge is 2.32. The molecule has 1 saturated carbocycles. The quantitative estimate of drug-likeness (QED) is 0.849. The summed E-state index contributed by atoms with van der Waals surface area (Å²) in [5.41, 5.74) is 0. The zero-order chi connectivity index (χ0) is 13.2. The molecule has 1 aromatic rings. The first-order valence-electron chi connectivity index (χ1n) is 7.08. The van der Waals surface area contributed by atoms with Crippen molar-refractivity contribution in [3.8, 4) is 0 Å². The summed E-state index contributed by atoms with van der Waals surface area (Å²) in [7, 11) is 1.96. The fraction of sp³-hybridized carbons (Fsp3) is 0.769. The minimum absolute atomic E-state index is 0.255. The molecule has 1 aliphatic heterocycles. The van der Waals surface area contributed by atoms with Gasteiger partial charge in [0.2, 0.25) is 5.91 Å². The van der Waals surface area contributed by atoms with Gasteiger partial charge in [0.15, 0.2) is 0 Å². The molecule has 6 nitrogen and oxygen atoms in total. The number of amides is 1. The fourth-order valence-electron chi connectivity index (χ4n) is 2.63. The first-order chi connectivity index (χ1) is 9.22. The first-order valence-corrected chi connectivity index (χ1v) is 7.08. The second-order valence-corrected chi connectivity index (χ2v) is 5.72. The Hall–Kier alpha value is -1.43. The second-order valence-electron chi connectivity index (χ2n) is 5.72. The minimum atomic E-state index is 0.255. The predicted molar refractivity (Wildman–Crippen MR) is 70.2 cm³/mol. The summed E-state index contributed by atoms with van der Waals surface area (Å²) in [5, 5.41) is 11.2. The largest absolute Gasteiger partial charge is 0.352 e. The molecule has 1 aliphatic carbocycles. The van der Waals surface area contributed by atoms with E-state index in [2.05, 4.69) is 20.4 Å².